The molecule has 6 rings (SSSR count). The lowest BCUT2D eigenvalue weighted by Crippen LogP contribution is -2.45. The summed E-state index contributed by atoms with van der Waals surface area (Å²) in [5.41, 5.74) is 5.13. The van der Waals surface area contributed by atoms with Crippen molar-refractivity contribution >= 4 is 32.5 Å². The van der Waals surface area contributed by atoms with Crippen LogP contribution >= 0.6 is 15.9 Å². The van der Waals surface area contributed by atoms with E-state index in [9.17, 15) is 5.11 Å². The smallest absolute Gasteiger partial charge is 0.137 e. The fraction of sp³-hybridized carbons (Fsp3) is 0.304. The number of fused-ring (bicyclic) bond motifs is 2. The van der Waals surface area contributed by atoms with Crippen LogP contribution < -0.4 is 5.32 Å². The molecule has 1 fully saturated rings. The highest BCUT2D eigenvalue weighted by atomic mass is 79.9. The second kappa shape index (κ2) is 8.05. The molecule has 33 heavy (non-hydrogen) atoms. The van der Waals surface area contributed by atoms with Crippen LogP contribution in [0.2, 0.25) is 0 Å². The molecule has 5 aromatic rings. The number of nitrogens with one attached hydrogen (secondary N) is 2. The first-order valence-corrected chi connectivity index (χ1v) is 11.8. The molecule has 168 valence electrons. The first kappa shape index (κ1) is 20.5. The number of nitrogens with zero attached hydrogens (tertiary/aromatic N) is 6. The molecule has 0 atom stereocenters. The third-order valence-corrected chi connectivity index (χ3v) is 6.75. The zero-order chi connectivity index (χ0) is 22.4. The van der Waals surface area contributed by atoms with E-state index in [0.29, 0.717) is 19.6 Å². The third kappa shape index (κ3) is 4.05. The van der Waals surface area contributed by atoms with Crippen molar-refractivity contribution in [1.82, 2.24) is 39.9 Å². The molecule has 9 nitrogen and oxygen atoms in total. The highest BCUT2D eigenvalue weighted by molar-refractivity contribution is 9.10. The summed E-state index contributed by atoms with van der Waals surface area (Å²) in [4.78, 5) is 4.72. The van der Waals surface area contributed by atoms with Gasteiger partial charge in [-0.25, -0.2) is 9.67 Å². The number of imidazole rings is 1. The van der Waals surface area contributed by atoms with E-state index < -0.39 is 5.60 Å². The first-order chi connectivity index (χ1) is 16.0. The van der Waals surface area contributed by atoms with Gasteiger partial charge in [-0.1, -0.05) is 27.2 Å². The number of rotatable bonds is 7. The predicted octanol–water partition coefficient (Wildman–Crippen LogP) is 3.28. The molecule has 0 radical (unpaired) electrons. The molecule has 4 aromatic heterocycles. The number of benzene rings is 1. The summed E-state index contributed by atoms with van der Waals surface area (Å²) < 4.78 is 4.79. The zero-order valence-electron chi connectivity index (χ0n) is 17.9. The van der Waals surface area contributed by atoms with Gasteiger partial charge in [0, 0.05) is 40.9 Å². The largest absolute Gasteiger partial charge is 0.389 e. The number of halogens is 1. The maximum absolute atomic E-state index is 10.2. The molecule has 1 aromatic carbocycles. The maximum atomic E-state index is 10.2. The summed E-state index contributed by atoms with van der Waals surface area (Å²) in [5, 5.41) is 30.4. The number of hydrogen-bond acceptors (Lipinski definition) is 6. The summed E-state index contributed by atoms with van der Waals surface area (Å²) in [6.45, 7) is 1.88. The average Bonchev–Trinajstić information content (AvgIpc) is 3.51. The van der Waals surface area contributed by atoms with Crippen molar-refractivity contribution in [2.75, 3.05) is 6.54 Å². The van der Waals surface area contributed by atoms with Gasteiger partial charge >= 0.3 is 0 Å². The maximum Gasteiger partial charge on any atom is 0.137 e. The second-order valence-electron chi connectivity index (χ2n) is 8.80. The minimum absolute atomic E-state index is 0.512. The van der Waals surface area contributed by atoms with E-state index in [2.05, 4.69) is 54.0 Å². The highest BCUT2D eigenvalue weighted by Gasteiger charge is 2.33. The summed E-state index contributed by atoms with van der Waals surface area (Å²) in [6, 6.07) is 8.10. The molecule has 0 aliphatic heterocycles. The lowest BCUT2D eigenvalue weighted by Gasteiger charge is -2.36. The summed E-state index contributed by atoms with van der Waals surface area (Å²) in [5.74, 6) is 0. The SMILES string of the molecule is OC1(CNCc2ccc3nc(Cn4cc(-c5cc(Br)cc6[nH]ncc56)nn4)cn3c2)CCC1. The van der Waals surface area contributed by atoms with Gasteiger partial charge in [0.2, 0.25) is 0 Å². The molecule has 10 heteroatoms. The average molecular weight is 507 g/mol. The third-order valence-electron chi connectivity index (χ3n) is 6.29. The van der Waals surface area contributed by atoms with Crippen LogP contribution in [0, 0.1) is 0 Å². The topological polar surface area (TPSA) is 109 Å². The number of aromatic nitrogens is 7. The number of H-pyrrole nitrogens is 1. The van der Waals surface area contributed by atoms with Crippen molar-refractivity contribution in [3.05, 3.63) is 64.8 Å². The Hall–Kier alpha value is -3.08. The van der Waals surface area contributed by atoms with Crippen LogP contribution in [0.5, 0.6) is 0 Å². The summed E-state index contributed by atoms with van der Waals surface area (Å²) in [7, 11) is 0. The molecular formula is C23H23BrN8O. The molecule has 0 unspecified atom stereocenters. The van der Waals surface area contributed by atoms with Crippen molar-refractivity contribution in [2.45, 2.75) is 38.0 Å². The van der Waals surface area contributed by atoms with Crippen LogP contribution in [0.15, 0.2) is 53.5 Å². The van der Waals surface area contributed by atoms with Crippen molar-refractivity contribution < 1.29 is 5.11 Å². The van der Waals surface area contributed by atoms with Gasteiger partial charge in [-0.3, -0.25) is 5.10 Å². The highest BCUT2D eigenvalue weighted by Crippen LogP contribution is 2.31. The molecule has 1 aliphatic rings. The summed E-state index contributed by atoms with van der Waals surface area (Å²) >= 11 is 3.55. The van der Waals surface area contributed by atoms with Crippen molar-refractivity contribution in [3.8, 4) is 11.3 Å². The Kier molecular flexibility index (Phi) is 5.01. The van der Waals surface area contributed by atoms with Crippen LogP contribution in [-0.2, 0) is 13.1 Å². The Bertz CT molecular complexity index is 1450. The molecule has 3 N–H and O–H groups in total. The van der Waals surface area contributed by atoms with E-state index >= 15 is 0 Å². The quantitative estimate of drug-likeness (QED) is 0.312. The lowest BCUT2D eigenvalue weighted by atomic mass is 9.80. The first-order valence-electron chi connectivity index (χ1n) is 11.0. The fourth-order valence-corrected chi connectivity index (χ4v) is 4.82. The summed E-state index contributed by atoms with van der Waals surface area (Å²) in [6.07, 6.45) is 10.7. The zero-order valence-corrected chi connectivity index (χ0v) is 19.5. The van der Waals surface area contributed by atoms with E-state index in [1.54, 1.807) is 10.9 Å². The molecule has 4 heterocycles. The van der Waals surface area contributed by atoms with Gasteiger partial charge in [-0.05, 0) is 43.0 Å². The van der Waals surface area contributed by atoms with Crippen LogP contribution in [0.3, 0.4) is 0 Å². The van der Waals surface area contributed by atoms with Crippen molar-refractivity contribution in [1.29, 1.82) is 0 Å². The Morgan fingerprint density at radius 2 is 2.09 bits per heavy atom. The van der Waals surface area contributed by atoms with Crippen LogP contribution in [0.1, 0.15) is 30.5 Å². The molecule has 1 aliphatic carbocycles. The second-order valence-corrected chi connectivity index (χ2v) is 9.72. The molecule has 0 bridgehead atoms. The number of pyridine rings is 1. The van der Waals surface area contributed by atoms with E-state index in [1.807, 2.05) is 35.0 Å². The van der Waals surface area contributed by atoms with Gasteiger partial charge < -0.3 is 14.8 Å². The normalized spacial score (nSPS) is 15.3. The number of aromatic amines is 1. The Morgan fingerprint density at radius 1 is 1.18 bits per heavy atom. The van der Waals surface area contributed by atoms with Gasteiger partial charge in [0.25, 0.3) is 0 Å². The van der Waals surface area contributed by atoms with Crippen molar-refractivity contribution in [2.24, 2.45) is 0 Å². The Balaban J connectivity index is 1.18. The Morgan fingerprint density at radius 3 is 2.94 bits per heavy atom. The minimum atomic E-state index is -0.512. The van der Waals surface area contributed by atoms with Crippen molar-refractivity contribution in [3.63, 3.8) is 0 Å². The van der Waals surface area contributed by atoms with E-state index in [-0.39, 0.29) is 0 Å². The minimum Gasteiger partial charge on any atom is -0.389 e. The van der Waals surface area contributed by atoms with Gasteiger partial charge in [-0.15, -0.1) is 5.10 Å². The van der Waals surface area contributed by atoms with E-state index in [1.165, 1.54) is 0 Å². The predicted molar refractivity (Wildman–Crippen MR) is 128 cm³/mol. The standard InChI is InChI=1S/C23H23BrN8O/c24-16-6-18(19-9-26-28-20(19)7-16)21-13-32(30-29-21)12-17-11-31-10-15(2-3-22(31)27-17)8-25-14-23(33)4-1-5-23/h2-3,6-7,9-11,13,25,33H,1,4-5,8,12,14H2,(H,26,28). The molecule has 0 amide bonds. The number of hydrogen-bond donors (Lipinski definition) is 3. The monoisotopic (exact) mass is 506 g/mol. The van der Waals surface area contributed by atoms with E-state index in [4.69, 9.17) is 4.98 Å². The fourth-order valence-electron chi connectivity index (χ4n) is 4.37. The van der Waals surface area contributed by atoms with Gasteiger partial charge in [0.15, 0.2) is 0 Å². The molecular weight excluding hydrogens is 484 g/mol. The lowest BCUT2D eigenvalue weighted by molar-refractivity contribution is -0.0314. The number of aliphatic hydroxyl groups is 1. The van der Waals surface area contributed by atoms with E-state index in [0.717, 1.165) is 62.8 Å². The molecule has 1 saturated carbocycles. The molecule has 0 saturated heterocycles. The van der Waals surface area contributed by atoms with Crippen LogP contribution in [0.25, 0.3) is 27.8 Å². The van der Waals surface area contributed by atoms with Gasteiger partial charge in [-0.2, -0.15) is 5.10 Å². The Labute approximate surface area is 198 Å². The van der Waals surface area contributed by atoms with Gasteiger partial charge in [0.05, 0.1) is 35.8 Å². The van der Waals surface area contributed by atoms with Crippen LogP contribution in [0.4, 0.5) is 0 Å². The van der Waals surface area contributed by atoms with Gasteiger partial charge in [0.1, 0.15) is 11.3 Å². The van der Waals surface area contributed by atoms with Crippen LogP contribution in [-0.4, -0.2) is 51.8 Å². The molecule has 0 spiro atoms.